The summed E-state index contributed by atoms with van der Waals surface area (Å²) in [5, 5.41) is 6.39. The fourth-order valence-electron chi connectivity index (χ4n) is 1.97. The molecular formula is C16H18ClN3O. The van der Waals surface area contributed by atoms with Crippen LogP contribution in [0.4, 0.5) is 4.79 Å². The van der Waals surface area contributed by atoms with Crippen LogP contribution >= 0.6 is 11.6 Å². The van der Waals surface area contributed by atoms with Gasteiger partial charge in [-0.15, -0.1) is 0 Å². The molecule has 1 heterocycles. The number of hydrogen-bond acceptors (Lipinski definition) is 2. The monoisotopic (exact) mass is 303 g/mol. The minimum absolute atomic E-state index is 0.127. The average Bonchev–Trinajstić information content (AvgIpc) is 2.48. The fourth-order valence-corrected chi connectivity index (χ4v) is 2.18. The molecule has 2 N–H and O–H groups in total. The highest BCUT2D eigenvalue weighted by atomic mass is 35.5. The van der Waals surface area contributed by atoms with Crippen LogP contribution in [0.25, 0.3) is 0 Å². The molecule has 21 heavy (non-hydrogen) atoms. The van der Waals surface area contributed by atoms with Crippen LogP contribution in [-0.4, -0.2) is 17.6 Å². The van der Waals surface area contributed by atoms with Gasteiger partial charge in [0, 0.05) is 17.8 Å². The molecule has 1 aromatic heterocycles. The van der Waals surface area contributed by atoms with Gasteiger partial charge in [0.15, 0.2) is 0 Å². The summed E-state index contributed by atoms with van der Waals surface area (Å²) in [7, 11) is 0. The summed E-state index contributed by atoms with van der Waals surface area (Å²) in [4.78, 5) is 16.0. The lowest BCUT2D eigenvalue weighted by atomic mass is 10.1. The Morgan fingerprint density at radius 3 is 2.86 bits per heavy atom. The summed E-state index contributed by atoms with van der Waals surface area (Å²) in [6.45, 7) is 2.46. The summed E-state index contributed by atoms with van der Waals surface area (Å²) in [5.74, 6) is 0. The number of pyridine rings is 1. The van der Waals surface area contributed by atoms with Gasteiger partial charge in [-0.2, -0.15) is 0 Å². The Hall–Kier alpha value is -2.07. The summed E-state index contributed by atoms with van der Waals surface area (Å²) in [6, 6.07) is 12.9. The quantitative estimate of drug-likeness (QED) is 0.890. The van der Waals surface area contributed by atoms with E-state index in [9.17, 15) is 4.79 Å². The summed E-state index contributed by atoms with van der Waals surface area (Å²) >= 11 is 5.92. The van der Waals surface area contributed by atoms with Gasteiger partial charge in [0.1, 0.15) is 0 Å². The van der Waals surface area contributed by atoms with Crippen molar-refractivity contribution in [3.8, 4) is 0 Å². The molecule has 0 aliphatic rings. The van der Waals surface area contributed by atoms with E-state index in [0.717, 1.165) is 17.7 Å². The summed E-state index contributed by atoms with van der Waals surface area (Å²) in [5.41, 5.74) is 1.93. The zero-order chi connectivity index (χ0) is 15.1. The molecule has 110 valence electrons. The van der Waals surface area contributed by atoms with Crippen molar-refractivity contribution in [1.82, 2.24) is 15.6 Å². The lowest BCUT2D eigenvalue weighted by Crippen LogP contribution is -2.38. The van der Waals surface area contributed by atoms with E-state index >= 15 is 0 Å². The molecule has 0 bridgehead atoms. The number of urea groups is 1. The number of nitrogens with one attached hydrogen (secondary N) is 2. The van der Waals surface area contributed by atoms with Gasteiger partial charge in [-0.1, -0.05) is 29.8 Å². The largest absolute Gasteiger partial charge is 0.338 e. The predicted octanol–water partition coefficient (Wildman–Crippen LogP) is 3.34. The van der Waals surface area contributed by atoms with E-state index in [2.05, 4.69) is 15.6 Å². The maximum atomic E-state index is 11.8. The maximum absolute atomic E-state index is 11.8. The maximum Gasteiger partial charge on any atom is 0.315 e. The average molecular weight is 304 g/mol. The minimum Gasteiger partial charge on any atom is -0.338 e. The van der Waals surface area contributed by atoms with Crippen LogP contribution in [0, 0.1) is 0 Å². The number of nitrogens with zero attached hydrogens (tertiary/aromatic N) is 1. The van der Waals surface area contributed by atoms with E-state index in [-0.39, 0.29) is 12.1 Å². The van der Waals surface area contributed by atoms with Gasteiger partial charge in [-0.3, -0.25) is 4.98 Å². The Bertz CT molecular complexity index is 589. The molecule has 0 radical (unpaired) electrons. The van der Waals surface area contributed by atoms with Crippen LogP contribution in [0.3, 0.4) is 0 Å². The molecule has 1 aromatic carbocycles. The topological polar surface area (TPSA) is 54.0 Å². The molecule has 4 nitrogen and oxygen atoms in total. The number of halogens is 1. The van der Waals surface area contributed by atoms with Gasteiger partial charge in [0.05, 0.1) is 11.7 Å². The van der Waals surface area contributed by atoms with Crippen LogP contribution in [0.5, 0.6) is 0 Å². The Morgan fingerprint density at radius 2 is 2.14 bits per heavy atom. The number of carbonyl (C=O) groups excluding carboxylic acids is 1. The second-order valence-electron chi connectivity index (χ2n) is 4.76. The third-order valence-corrected chi connectivity index (χ3v) is 3.30. The number of benzene rings is 1. The first-order chi connectivity index (χ1) is 10.1. The first kappa shape index (κ1) is 15.3. The molecule has 1 unspecified atom stereocenters. The van der Waals surface area contributed by atoms with E-state index in [1.807, 2.05) is 49.4 Å². The van der Waals surface area contributed by atoms with Crippen molar-refractivity contribution in [2.45, 2.75) is 19.4 Å². The summed E-state index contributed by atoms with van der Waals surface area (Å²) < 4.78 is 0. The zero-order valence-electron chi connectivity index (χ0n) is 11.8. The molecule has 2 aromatic rings. The van der Waals surface area contributed by atoms with Crippen molar-refractivity contribution in [3.63, 3.8) is 0 Å². The highest BCUT2D eigenvalue weighted by molar-refractivity contribution is 6.30. The van der Waals surface area contributed by atoms with Crippen LogP contribution in [-0.2, 0) is 6.42 Å². The van der Waals surface area contributed by atoms with Crippen LogP contribution in [0.2, 0.25) is 5.02 Å². The molecule has 2 amide bonds. The predicted molar refractivity (Wildman–Crippen MR) is 84.3 cm³/mol. The second-order valence-corrected chi connectivity index (χ2v) is 5.19. The Labute approximate surface area is 129 Å². The van der Waals surface area contributed by atoms with Crippen LogP contribution in [0.1, 0.15) is 24.2 Å². The first-order valence-corrected chi connectivity index (χ1v) is 7.22. The zero-order valence-corrected chi connectivity index (χ0v) is 12.6. The molecule has 5 heteroatoms. The standard InChI is InChI=1S/C16H18ClN3O/c1-12(15-7-2-3-9-18-15)20-16(21)19-10-8-13-5-4-6-14(17)11-13/h2-7,9,11-12H,8,10H2,1H3,(H2,19,20,21). The van der Waals surface area contributed by atoms with Crippen molar-refractivity contribution in [1.29, 1.82) is 0 Å². The van der Waals surface area contributed by atoms with Crippen molar-refractivity contribution in [2.75, 3.05) is 6.54 Å². The Balaban J connectivity index is 1.75. The van der Waals surface area contributed by atoms with Crippen molar-refractivity contribution < 1.29 is 4.79 Å². The first-order valence-electron chi connectivity index (χ1n) is 6.85. The van der Waals surface area contributed by atoms with E-state index < -0.39 is 0 Å². The van der Waals surface area contributed by atoms with Crippen LogP contribution < -0.4 is 10.6 Å². The highest BCUT2D eigenvalue weighted by Crippen LogP contribution is 2.10. The third-order valence-electron chi connectivity index (χ3n) is 3.07. The molecule has 0 aliphatic carbocycles. The Morgan fingerprint density at radius 1 is 1.29 bits per heavy atom. The third kappa shape index (κ3) is 5.08. The smallest absolute Gasteiger partial charge is 0.315 e. The van der Waals surface area contributed by atoms with Gasteiger partial charge in [-0.05, 0) is 43.2 Å². The molecule has 1 atom stereocenters. The number of rotatable bonds is 5. The van der Waals surface area contributed by atoms with Crippen molar-refractivity contribution in [3.05, 3.63) is 64.9 Å². The fraction of sp³-hybridized carbons (Fsp3) is 0.250. The van der Waals surface area contributed by atoms with Crippen LogP contribution in [0.15, 0.2) is 48.7 Å². The molecule has 0 saturated heterocycles. The molecule has 0 saturated carbocycles. The Kier molecular flexibility index (Phi) is 5.58. The van der Waals surface area contributed by atoms with Gasteiger partial charge < -0.3 is 10.6 Å². The number of amides is 2. The lowest BCUT2D eigenvalue weighted by molar-refractivity contribution is 0.238. The number of hydrogen-bond donors (Lipinski definition) is 2. The van der Waals surface area contributed by atoms with E-state index in [4.69, 9.17) is 11.6 Å². The van der Waals surface area contributed by atoms with Gasteiger partial charge in [0.25, 0.3) is 0 Å². The number of aromatic nitrogens is 1. The lowest BCUT2D eigenvalue weighted by Gasteiger charge is -2.14. The van der Waals surface area contributed by atoms with Gasteiger partial charge >= 0.3 is 6.03 Å². The SMILES string of the molecule is CC(NC(=O)NCCc1cccc(Cl)c1)c1ccccn1. The van der Waals surface area contributed by atoms with Gasteiger partial charge in [0.2, 0.25) is 0 Å². The highest BCUT2D eigenvalue weighted by Gasteiger charge is 2.09. The van der Waals surface area contributed by atoms with Gasteiger partial charge in [-0.25, -0.2) is 4.79 Å². The van der Waals surface area contributed by atoms with E-state index in [0.29, 0.717) is 11.6 Å². The van der Waals surface area contributed by atoms with E-state index in [1.165, 1.54) is 0 Å². The number of carbonyl (C=O) groups is 1. The van der Waals surface area contributed by atoms with Crippen molar-refractivity contribution in [2.24, 2.45) is 0 Å². The molecule has 0 aliphatic heterocycles. The molecule has 2 rings (SSSR count). The molecular weight excluding hydrogens is 286 g/mol. The second kappa shape index (κ2) is 7.64. The normalized spacial score (nSPS) is 11.7. The summed E-state index contributed by atoms with van der Waals surface area (Å²) in [6.07, 6.45) is 2.45. The molecule has 0 fully saturated rings. The minimum atomic E-state index is -0.199. The van der Waals surface area contributed by atoms with E-state index in [1.54, 1.807) is 6.20 Å². The van der Waals surface area contributed by atoms with Crippen molar-refractivity contribution >= 4 is 17.6 Å². The molecule has 0 spiro atoms.